The topological polar surface area (TPSA) is 56.3 Å². The summed E-state index contributed by atoms with van der Waals surface area (Å²) in [6, 6.07) is 15.4. The molecule has 0 unspecified atom stereocenters. The smallest absolute Gasteiger partial charge is 0.208 e. The van der Waals surface area contributed by atoms with E-state index >= 15 is 0 Å². The number of halogens is 2. The molecule has 0 atom stereocenters. The molecule has 0 amide bonds. The minimum Gasteiger partial charge on any atom is -0.497 e. The van der Waals surface area contributed by atoms with E-state index < -0.39 is 21.5 Å². The molecule has 0 spiro atoms. The van der Waals surface area contributed by atoms with Crippen molar-refractivity contribution in [1.29, 1.82) is 0 Å². The van der Waals surface area contributed by atoms with Gasteiger partial charge in [-0.15, -0.1) is 0 Å². The molecule has 4 aromatic rings. The number of hydrogen-bond donors (Lipinski definition) is 0. The number of ether oxygens (including phenoxy) is 1. The van der Waals surface area contributed by atoms with Gasteiger partial charge >= 0.3 is 0 Å². The van der Waals surface area contributed by atoms with Gasteiger partial charge in [-0.3, -0.25) is 4.98 Å². The predicted molar refractivity (Wildman–Crippen MR) is 106 cm³/mol. The van der Waals surface area contributed by atoms with E-state index in [9.17, 15) is 17.2 Å². The highest BCUT2D eigenvalue weighted by molar-refractivity contribution is 7.91. The van der Waals surface area contributed by atoms with Crippen LogP contribution in [0, 0.1) is 11.6 Å². The van der Waals surface area contributed by atoms with Crippen molar-refractivity contribution in [2.45, 2.75) is 9.79 Å². The number of pyridine rings is 1. The Hall–Kier alpha value is -3.32. The predicted octanol–water partition coefficient (Wildman–Crippen LogP) is 5.02. The van der Waals surface area contributed by atoms with E-state index in [1.807, 2.05) is 0 Å². The maximum absolute atomic E-state index is 13.7. The van der Waals surface area contributed by atoms with Gasteiger partial charge in [-0.2, -0.15) is 0 Å². The third-order valence-electron chi connectivity index (χ3n) is 4.59. The third-order valence-corrected chi connectivity index (χ3v) is 6.37. The molecule has 0 aliphatic heterocycles. The fourth-order valence-electron chi connectivity index (χ4n) is 3.15. The van der Waals surface area contributed by atoms with Crippen LogP contribution in [0.1, 0.15) is 0 Å². The Kier molecular flexibility index (Phi) is 4.76. The first-order valence-corrected chi connectivity index (χ1v) is 10.1. The zero-order valence-electron chi connectivity index (χ0n) is 15.3. The second kappa shape index (κ2) is 7.25. The van der Waals surface area contributed by atoms with E-state index in [1.54, 1.807) is 12.1 Å². The molecule has 0 bridgehead atoms. The molecule has 0 radical (unpaired) electrons. The first-order valence-electron chi connectivity index (χ1n) is 8.63. The molecule has 1 aromatic heterocycles. The number of benzene rings is 3. The molecular weight excluding hydrogens is 396 g/mol. The Morgan fingerprint density at radius 2 is 1.52 bits per heavy atom. The summed E-state index contributed by atoms with van der Waals surface area (Å²) in [6.07, 6.45) is 1.21. The van der Waals surface area contributed by atoms with Gasteiger partial charge in [0.2, 0.25) is 9.84 Å². The van der Waals surface area contributed by atoms with E-state index in [0.717, 1.165) is 0 Å². The lowest BCUT2D eigenvalue weighted by Gasteiger charge is -2.14. The first-order chi connectivity index (χ1) is 13.9. The molecule has 3 aromatic carbocycles. The van der Waals surface area contributed by atoms with Crippen molar-refractivity contribution < 1.29 is 21.9 Å². The normalized spacial score (nSPS) is 11.6. The van der Waals surface area contributed by atoms with Crippen molar-refractivity contribution in [3.8, 4) is 16.9 Å². The number of rotatable bonds is 4. The average Bonchev–Trinajstić information content (AvgIpc) is 2.73. The van der Waals surface area contributed by atoms with Crippen molar-refractivity contribution in [1.82, 2.24) is 4.98 Å². The Morgan fingerprint density at radius 1 is 0.862 bits per heavy atom. The van der Waals surface area contributed by atoms with Gasteiger partial charge in [0.05, 0.1) is 22.4 Å². The van der Waals surface area contributed by atoms with Crippen molar-refractivity contribution in [3.63, 3.8) is 0 Å². The van der Waals surface area contributed by atoms with Crippen LogP contribution in [0.3, 0.4) is 0 Å². The lowest BCUT2D eigenvalue weighted by atomic mass is 10.0. The molecule has 0 aliphatic rings. The van der Waals surface area contributed by atoms with Crippen LogP contribution in [0.5, 0.6) is 5.75 Å². The summed E-state index contributed by atoms with van der Waals surface area (Å²) in [6.45, 7) is 0. The Balaban J connectivity index is 2.01. The minimum atomic E-state index is -3.96. The molecule has 1 heterocycles. The summed E-state index contributed by atoms with van der Waals surface area (Å²) in [5, 5.41) is 0.451. The van der Waals surface area contributed by atoms with Crippen LogP contribution < -0.4 is 4.74 Å². The van der Waals surface area contributed by atoms with Crippen LogP contribution in [0.4, 0.5) is 8.78 Å². The Morgan fingerprint density at radius 3 is 2.17 bits per heavy atom. The van der Waals surface area contributed by atoms with Gasteiger partial charge < -0.3 is 4.74 Å². The van der Waals surface area contributed by atoms with E-state index in [0.29, 0.717) is 27.8 Å². The second-order valence-electron chi connectivity index (χ2n) is 6.34. The third kappa shape index (κ3) is 3.45. The number of hydrogen-bond acceptors (Lipinski definition) is 4. The summed E-state index contributed by atoms with van der Waals surface area (Å²) in [5.41, 5.74) is 1.13. The summed E-state index contributed by atoms with van der Waals surface area (Å²) >= 11 is 0. The molecule has 0 saturated carbocycles. The molecule has 0 N–H and O–H groups in total. The largest absolute Gasteiger partial charge is 0.497 e. The van der Waals surface area contributed by atoms with Crippen LogP contribution in [-0.4, -0.2) is 20.5 Å². The van der Waals surface area contributed by atoms with E-state index in [-0.39, 0.29) is 9.79 Å². The highest BCUT2D eigenvalue weighted by atomic mass is 32.2. The minimum absolute atomic E-state index is 0.0478. The molecule has 0 saturated heterocycles. The quantitative estimate of drug-likeness (QED) is 0.473. The SMILES string of the molecule is COc1ccc(S(=O)(=O)c2cnc3cc(F)ccc3c2-c2ccc(F)cc2)cc1. The molecular formula is C22H15F2NO3S. The molecule has 4 nitrogen and oxygen atoms in total. The molecule has 146 valence electrons. The van der Waals surface area contributed by atoms with Crippen LogP contribution >= 0.6 is 0 Å². The van der Waals surface area contributed by atoms with E-state index in [2.05, 4.69) is 4.98 Å². The van der Waals surface area contributed by atoms with E-state index in [4.69, 9.17) is 4.74 Å². The molecule has 29 heavy (non-hydrogen) atoms. The zero-order valence-corrected chi connectivity index (χ0v) is 16.1. The molecule has 7 heteroatoms. The zero-order chi connectivity index (χ0) is 20.6. The van der Waals surface area contributed by atoms with Gasteiger partial charge in [-0.25, -0.2) is 17.2 Å². The van der Waals surface area contributed by atoms with Crippen LogP contribution in [0.15, 0.2) is 82.7 Å². The lowest BCUT2D eigenvalue weighted by molar-refractivity contribution is 0.414. The van der Waals surface area contributed by atoms with Crippen LogP contribution in [0.2, 0.25) is 0 Å². The fraction of sp³-hybridized carbons (Fsp3) is 0.0455. The average molecular weight is 411 g/mol. The standard InChI is InChI=1S/C22H15F2NO3S/c1-28-17-7-9-18(10-8-17)29(26,27)21-13-25-20-12-16(24)6-11-19(20)22(21)14-2-4-15(23)5-3-14/h2-13H,1H3. The van der Waals surface area contributed by atoms with Gasteiger partial charge in [-0.05, 0) is 54.1 Å². The maximum Gasteiger partial charge on any atom is 0.208 e. The van der Waals surface area contributed by atoms with Gasteiger partial charge in [0.25, 0.3) is 0 Å². The number of fused-ring (bicyclic) bond motifs is 1. The maximum atomic E-state index is 13.7. The number of nitrogens with zero attached hydrogens (tertiary/aromatic N) is 1. The van der Waals surface area contributed by atoms with E-state index in [1.165, 1.54) is 67.9 Å². The highest BCUT2D eigenvalue weighted by Crippen LogP contribution is 2.37. The number of methoxy groups -OCH3 is 1. The highest BCUT2D eigenvalue weighted by Gasteiger charge is 2.25. The summed E-state index contributed by atoms with van der Waals surface area (Å²) < 4.78 is 59.0. The van der Waals surface area contributed by atoms with Crippen molar-refractivity contribution in [2.75, 3.05) is 7.11 Å². The summed E-state index contributed by atoms with van der Waals surface area (Å²) in [7, 11) is -2.47. The Bertz CT molecular complexity index is 1300. The van der Waals surface area contributed by atoms with Crippen molar-refractivity contribution in [2.24, 2.45) is 0 Å². The molecule has 0 fully saturated rings. The summed E-state index contributed by atoms with van der Waals surface area (Å²) in [4.78, 5) is 4.17. The molecule has 4 rings (SSSR count). The van der Waals surface area contributed by atoms with Gasteiger partial charge in [-0.1, -0.05) is 12.1 Å². The number of aromatic nitrogens is 1. The van der Waals surface area contributed by atoms with Gasteiger partial charge in [0.15, 0.2) is 0 Å². The second-order valence-corrected chi connectivity index (χ2v) is 8.26. The summed E-state index contributed by atoms with van der Waals surface area (Å²) in [5.74, 6) is -0.409. The van der Waals surface area contributed by atoms with Gasteiger partial charge in [0, 0.05) is 23.2 Å². The lowest BCUT2D eigenvalue weighted by Crippen LogP contribution is -2.06. The van der Waals surface area contributed by atoms with Crippen LogP contribution in [0.25, 0.3) is 22.0 Å². The number of sulfone groups is 1. The van der Waals surface area contributed by atoms with Gasteiger partial charge in [0.1, 0.15) is 17.4 Å². The fourth-order valence-corrected chi connectivity index (χ4v) is 4.58. The monoisotopic (exact) mass is 411 g/mol. The van der Waals surface area contributed by atoms with Crippen LogP contribution in [-0.2, 0) is 9.84 Å². The van der Waals surface area contributed by atoms with Crippen molar-refractivity contribution in [3.05, 3.63) is 84.6 Å². The molecule has 0 aliphatic carbocycles. The first kappa shape index (κ1) is 19.0. The Labute approximate surface area is 166 Å². The van der Waals surface area contributed by atoms with Crippen molar-refractivity contribution >= 4 is 20.7 Å².